The fourth-order valence-electron chi connectivity index (χ4n) is 3.76. The third kappa shape index (κ3) is 8.79. The number of benzene rings is 1. The maximum absolute atomic E-state index is 12.8. The molecule has 1 unspecified atom stereocenters. The van der Waals surface area contributed by atoms with Gasteiger partial charge in [0.15, 0.2) is 5.76 Å². The molecule has 0 aliphatic carbocycles. The Kier molecular flexibility index (Phi) is 12.4. The lowest BCUT2D eigenvalue weighted by Gasteiger charge is -2.27. The number of furan rings is 1. The first-order chi connectivity index (χ1) is 18.6. The van der Waals surface area contributed by atoms with Gasteiger partial charge < -0.3 is 29.2 Å². The molecule has 12 nitrogen and oxygen atoms in total. The molecular formula is C26H36N3O9P. The van der Waals surface area contributed by atoms with Crippen LogP contribution in [-0.4, -0.2) is 59.8 Å². The summed E-state index contributed by atoms with van der Waals surface area (Å²) in [7, 11) is -2.96. The zero-order valence-electron chi connectivity index (χ0n) is 22.5. The molecule has 214 valence electrons. The van der Waals surface area contributed by atoms with Gasteiger partial charge in [0.2, 0.25) is 12.3 Å². The van der Waals surface area contributed by atoms with Crippen molar-refractivity contribution in [1.29, 1.82) is 0 Å². The van der Waals surface area contributed by atoms with Crippen LogP contribution in [0, 0.1) is 5.92 Å². The van der Waals surface area contributed by atoms with Crippen LogP contribution in [0.25, 0.3) is 11.3 Å². The molecule has 0 aliphatic rings. The number of ether oxygens (including phenoxy) is 1. The summed E-state index contributed by atoms with van der Waals surface area (Å²) in [5, 5.41) is 15.5. The number of rotatable bonds is 16. The molecular weight excluding hydrogens is 529 g/mol. The predicted molar refractivity (Wildman–Crippen MR) is 144 cm³/mol. The highest BCUT2D eigenvalue weighted by molar-refractivity contribution is 7.61. The van der Waals surface area contributed by atoms with E-state index in [4.69, 9.17) is 13.7 Å². The highest BCUT2D eigenvalue weighted by Crippen LogP contribution is 2.41. The quantitative estimate of drug-likeness (QED) is 0.0597. The van der Waals surface area contributed by atoms with Gasteiger partial charge in [0.05, 0.1) is 30.5 Å². The zero-order chi connectivity index (χ0) is 29.0. The number of nitrogens with one attached hydrogen (secondary N) is 2. The lowest BCUT2D eigenvalue weighted by atomic mass is 9.95. The minimum Gasteiger partial charge on any atom is -0.494 e. The Balaban J connectivity index is 2.13. The molecule has 2 rings (SSSR count). The molecule has 0 aliphatic heterocycles. The number of hydrogen-bond donors (Lipinski definition) is 4. The molecule has 1 aromatic heterocycles. The third-order valence-electron chi connectivity index (χ3n) is 5.78. The van der Waals surface area contributed by atoms with Crippen LogP contribution in [0.2, 0.25) is 0 Å². The summed E-state index contributed by atoms with van der Waals surface area (Å²) in [6.07, 6.45) is 5.61. The maximum atomic E-state index is 12.8. The van der Waals surface area contributed by atoms with Gasteiger partial charge in [-0.15, -0.1) is 0 Å². The van der Waals surface area contributed by atoms with Gasteiger partial charge >= 0.3 is 7.60 Å². The predicted octanol–water partition coefficient (Wildman–Crippen LogP) is 3.20. The summed E-state index contributed by atoms with van der Waals surface area (Å²) in [6, 6.07) is 6.58. The first-order valence-corrected chi connectivity index (χ1v) is 14.1. The topological polar surface area (TPSA) is 168 Å². The summed E-state index contributed by atoms with van der Waals surface area (Å²) >= 11 is 0. The molecule has 3 atom stereocenters. The lowest BCUT2D eigenvalue weighted by Crippen LogP contribution is -2.47. The van der Waals surface area contributed by atoms with Crippen molar-refractivity contribution in [2.75, 3.05) is 20.4 Å². The van der Waals surface area contributed by atoms with Crippen LogP contribution >= 0.6 is 7.60 Å². The molecule has 0 radical (unpaired) electrons. The zero-order valence-corrected chi connectivity index (χ0v) is 23.4. The van der Waals surface area contributed by atoms with Gasteiger partial charge in [0.1, 0.15) is 11.5 Å². The molecule has 3 amide bonds. The minimum absolute atomic E-state index is 0.0000112. The Morgan fingerprint density at radius 2 is 1.92 bits per heavy atom. The molecule has 1 aromatic carbocycles. The molecule has 0 fully saturated rings. The number of unbranched alkanes of at least 4 members (excludes halogenated alkanes) is 1. The Morgan fingerprint density at radius 1 is 1.18 bits per heavy atom. The van der Waals surface area contributed by atoms with Crippen LogP contribution in [0.1, 0.15) is 50.6 Å². The van der Waals surface area contributed by atoms with Crippen molar-refractivity contribution >= 4 is 31.1 Å². The fourth-order valence-corrected chi connectivity index (χ4v) is 4.56. The van der Waals surface area contributed by atoms with Crippen LogP contribution in [0.5, 0.6) is 5.75 Å². The van der Waals surface area contributed by atoms with Crippen molar-refractivity contribution in [3.63, 3.8) is 0 Å². The molecule has 4 N–H and O–H groups in total. The van der Waals surface area contributed by atoms with E-state index in [9.17, 15) is 29.0 Å². The summed E-state index contributed by atoms with van der Waals surface area (Å²) in [6.45, 7) is 5.57. The van der Waals surface area contributed by atoms with Gasteiger partial charge in [0.25, 0.3) is 5.91 Å². The van der Waals surface area contributed by atoms with E-state index < -0.39 is 31.4 Å². The van der Waals surface area contributed by atoms with Gasteiger partial charge in [-0.25, -0.2) is 5.06 Å². The molecule has 0 saturated carbocycles. The summed E-state index contributed by atoms with van der Waals surface area (Å²) in [5.41, 5.74) is 0.394. The van der Waals surface area contributed by atoms with Crippen molar-refractivity contribution < 1.29 is 42.7 Å². The van der Waals surface area contributed by atoms with E-state index in [0.717, 1.165) is 20.0 Å². The standard InChI is InChI=1S/C26H36N3O9P/c1-5-8-9-10-21(22(6-2)29(33)17-30)25(31)27-16-28-26(32)24-12-11-23(38-24)18-13-19(37-7-3)15-20(14-18)39(34,35)36-4/h9-15,17,21-22,33H,5-8,16H2,1-4H3,(H,27,31)(H,28,32)(H,34,35)/b10-9+/t21-,22-/m1/s1. The average Bonchev–Trinajstić information content (AvgIpc) is 3.43. The van der Waals surface area contributed by atoms with Crippen LogP contribution in [0.3, 0.4) is 0 Å². The van der Waals surface area contributed by atoms with Crippen LogP contribution < -0.4 is 20.7 Å². The Morgan fingerprint density at radius 3 is 2.54 bits per heavy atom. The normalized spacial score (nSPS) is 14.3. The third-order valence-corrected chi connectivity index (χ3v) is 7.19. The first-order valence-electron chi connectivity index (χ1n) is 12.5. The van der Waals surface area contributed by atoms with E-state index in [-0.39, 0.29) is 29.9 Å². The molecule has 39 heavy (non-hydrogen) atoms. The summed E-state index contributed by atoms with van der Waals surface area (Å²) < 4.78 is 28.2. The van der Waals surface area contributed by atoms with Gasteiger partial charge in [-0.2, -0.15) is 0 Å². The van der Waals surface area contributed by atoms with E-state index >= 15 is 0 Å². The molecule has 1 heterocycles. The Labute approximate surface area is 227 Å². The van der Waals surface area contributed by atoms with E-state index in [1.54, 1.807) is 26.0 Å². The second-order valence-corrected chi connectivity index (χ2v) is 10.4. The largest absolute Gasteiger partial charge is 0.494 e. The van der Waals surface area contributed by atoms with Crippen LogP contribution in [0.15, 0.2) is 46.9 Å². The number of nitrogens with zero attached hydrogens (tertiary/aromatic N) is 1. The molecule has 13 heteroatoms. The summed E-state index contributed by atoms with van der Waals surface area (Å²) in [4.78, 5) is 46.6. The van der Waals surface area contributed by atoms with E-state index in [2.05, 4.69) is 10.6 Å². The van der Waals surface area contributed by atoms with Gasteiger partial charge in [-0.3, -0.25) is 24.2 Å². The van der Waals surface area contributed by atoms with Gasteiger partial charge in [0, 0.05) is 12.7 Å². The second-order valence-electron chi connectivity index (χ2n) is 8.44. The van der Waals surface area contributed by atoms with Crippen molar-refractivity contribution in [2.24, 2.45) is 5.92 Å². The minimum atomic E-state index is -4.08. The van der Waals surface area contributed by atoms with Crippen molar-refractivity contribution in [3.8, 4) is 17.1 Å². The molecule has 0 spiro atoms. The smallest absolute Gasteiger partial charge is 0.358 e. The summed E-state index contributed by atoms with van der Waals surface area (Å²) in [5.74, 6) is -1.42. The fraction of sp³-hybridized carbons (Fsp3) is 0.423. The molecule has 0 bridgehead atoms. The van der Waals surface area contributed by atoms with Crippen molar-refractivity contribution in [2.45, 2.75) is 46.1 Å². The molecule has 2 aromatic rings. The monoisotopic (exact) mass is 565 g/mol. The number of amides is 3. The second kappa shape index (κ2) is 15.2. The van der Waals surface area contributed by atoms with Crippen LogP contribution in [0.4, 0.5) is 0 Å². The first kappa shape index (κ1) is 31.8. The van der Waals surface area contributed by atoms with Crippen molar-refractivity contribution in [1.82, 2.24) is 15.7 Å². The highest BCUT2D eigenvalue weighted by atomic mass is 31.2. The number of carbonyl (C=O) groups is 3. The average molecular weight is 566 g/mol. The van der Waals surface area contributed by atoms with Crippen LogP contribution in [-0.2, 0) is 18.7 Å². The van der Waals surface area contributed by atoms with E-state index in [1.165, 1.54) is 24.3 Å². The van der Waals surface area contributed by atoms with Crippen molar-refractivity contribution in [3.05, 3.63) is 48.2 Å². The number of hydroxylamine groups is 2. The van der Waals surface area contributed by atoms with E-state index in [1.807, 2.05) is 13.0 Å². The number of carbonyl (C=O) groups excluding carboxylic acids is 3. The number of allylic oxidation sites excluding steroid dienone is 1. The SMILES string of the molecule is CCC/C=C/[C@@H](C(=O)NCNC(=O)c1ccc(-c2cc(OCC)cc(P(=O)(O)OC)c2)o1)[C@@H](CC)N(O)C=O. The van der Waals surface area contributed by atoms with Gasteiger partial charge in [-0.1, -0.05) is 32.4 Å². The maximum Gasteiger partial charge on any atom is 0.358 e. The highest BCUT2D eigenvalue weighted by Gasteiger charge is 2.29. The Hall–Kier alpha value is -3.44. The molecule has 0 saturated heterocycles. The van der Waals surface area contributed by atoms with Gasteiger partial charge in [-0.05, 0) is 50.1 Å². The number of hydrogen-bond acceptors (Lipinski definition) is 8. The van der Waals surface area contributed by atoms with E-state index in [0.29, 0.717) is 29.4 Å². The lowest BCUT2D eigenvalue weighted by molar-refractivity contribution is -0.166. The Bertz CT molecular complexity index is 1200.